The zero-order valence-corrected chi connectivity index (χ0v) is 14.4. The zero-order valence-electron chi connectivity index (χ0n) is 12.8. The van der Waals surface area contributed by atoms with E-state index in [2.05, 4.69) is 31.5 Å². The molecule has 1 heterocycles. The number of rotatable bonds is 6. The minimum atomic E-state index is -0.598. The SMILES string of the molecule is O=C(COc1ccc(F)cc1Br)OCc1nnnn1-c1ccccc1. The summed E-state index contributed by atoms with van der Waals surface area (Å²) >= 11 is 3.16. The fourth-order valence-electron chi connectivity index (χ4n) is 1.98. The summed E-state index contributed by atoms with van der Waals surface area (Å²) in [5.74, 6) is -0.289. The Morgan fingerprint density at radius 1 is 1.20 bits per heavy atom. The van der Waals surface area contributed by atoms with Crippen LogP contribution in [0.5, 0.6) is 5.75 Å². The number of para-hydroxylation sites is 1. The molecule has 2 aromatic carbocycles. The first-order chi connectivity index (χ1) is 12.1. The van der Waals surface area contributed by atoms with Crippen molar-refractivity contribution in [2.75, 3.05) is 6.61 Å². The first-order valence-electron chi connectivity index (χ1n) is 7.19. The Labute approximate surface area is 150 Å². The van der Waals surface area contributed by atoms with Crippen LogP contribution >= 0.6 is 15.9 Å². The fourth-order valence-corrected chi connectivity index (χ4v) is 2.45. The molecule has 128 valence electrons. The lowest BCUT2D eigenvalue weighted by Gasteiger charge is -2.08. The van der Waals surface area contributed by atoms with Crippen LogP contribution in [0.2, 0.25) is 0 Å². The quantitative estimate of drug-likeness (QED) is 0.585. The molecular formula is C16H12BrFN4O3. The predicted octanol–water partition coefficient (Wildman–Crippen LogP) is 2.69. The van der Waals surface area contributed by atoms with E-state index in [0.717, 1.165) is 5.69 Å². The predicted molar refractivity (Wildman–Crippen MR) is 88.5 cm³/mol. The number of nitrogens with zero attached hydrogens (tertiary/aromatic N) is 4. The number of hydrogen-bond donors (Lipinski definition) is 0. The lowest BCUT2D eigenvalue weighted by molar-refractivity contribution is -0.147. The maximum atomic E-state index is 13.0. The second-order valence-corrected chi connectivity index (χ2v) is 5.72. The van der Waals surface area contributed by atoms with Gasteiger partial charge in [0.2, 0.25) is 0 Å². The molecule has 0 aliphatic rings. The summed E-state index contributed by atoms with van der Waals surface area (Å²) in [6.07, 6.45) is 0. The number of carbonyl (C=O) groups is 1. The number of benzene rings is 2. The molecule has 0 spiro atoms. The van der Waals surface area contributed by atoms with Gasteiger partial charge in [-0.15, -0.1) is 5.10 Å². The van der Waals surface area contributed by atoms with Gasteiger partial charge in [0.25, 0.3) is 0 Å². The summed E-state index contributed by atoms with van der Waals surface area (Å²) in [5.41, 5.74) is 0.755. The highest BCUT2D eigenvalue weighted by molar-refractivity contribution is 9.10. The normalized spacial score (nSPS) is 10.5. The van der Waals surface area contributed by atoms with E-state index in [1.54, 1.807) is 0 Å². The zero-order chi connectivity index (χ0) is 17.6. The van der Waals surface area contributed by atoms with Crippen LogP contribution in [0.3, 0.4) is 0 Å². The van der Waals surface area contributed by atoms with Crippen molar-refractivity contribution in [2.24, 2.45) is 0 Å². The summed E-state index contributed by atoms with van der Waals surface area (Å²) in [7, 11) is 0. The third kappa shape index (κ3) is 4.38. The summed E-state index contributed by atoms with van der Waals surface area (Å²) in [6, 6.07) is 13.1. The maximum absolute atomic E-state index is 13.0. The number of carbonyl (C=O) groups excluding carboxylic acids is 1. The molecule has 0 aliphatic carbocycles. The summed E-state index contributed by atoms with van der Waals surface area (Å²) in [4.78, 5) is 11.8. The molecule has 0 aliphatic heterocycles. The maximum Gasteiger partial charge on any atom is 0.344 e. The lowest BCUT2D eigenvalue weighted by Crippen LogP contribution is -2.16. The van der Waals surface area contributed by atoms with Crippen LogP contribution in [0.25, 0.3) is 5.69 Å². The van der Waals surface area contributed by atoms with Crippen molar-refractivity contribution in [3.8, 4) is 11.4 Å². The average molecular weight is 407 g/mol. The molecule has 25 heavy (non-hydrogen) atoms. The molecule has 0 atom stereocenters. The molecule has 0 fully saturated rings. The van der Waals surface area contributed by atoms with Gasteiger partial charge < -0.3 is 9.47 Å². The fraction of sp³-hybridized carbons (Fsp3) is 0.125. The molecule has 0 radical (unpaired) electrons. The molecule has 0 bridgehead atoms. The van der Waals surface area contributed by atoms with E-state index >= 15 is 0 Å². The van der Waals surface area contributed by atoms with Crippen molar-refractivity contribution in [2.45, 2.75) is 6.61 Å². The van der Waals surface area contributed by atoms with Gasteiger partial charge in [-0.05, 0) is 56.7 Å². The van der Waals surface area contributed by atoms with E-state index in [-0.39, 0.29) is 13.2 Å². The van der Waals surface area contributed by atoms with Crippen LogP contribution in [0, 0.1) is 5.82 Å². The number of hydrogen-bond acceptors (Lipinski definition) is 6. The first kappa shape index (κ1) is 17.0. The van der Waals surface area contributed by atoms with Crippen molar-refractivity contribution < 1.29 is 18.7 Å². The van der Waals surface area contributed by atoms with E-state index in [1.165, 1.54) is 22.9 Å². The highest BCUT2D eigenvalue weighted by Crippen LogP contribution is 2.25. The molecule has 0 amide bonds. The van der Waals surface area contributed by atoms with Crippen LogP contribution < -0.4 is 4.74 Å². The van der Waals surface area contributed by atoms with Gasteiger partial charge in [-0.3, -0.25) is 0 Å². The van der Waals surface area contributed by atoms with Crippen molar-refractivity contribution in [3.05, 3.63) is 64.6 Å². The van der Waals surface area contributed by atoms with E-state index < -0.39 is 11.8 Å². The molecular weight excluding hydrogens is 395 g/mol. The third-order valence-corrected chi connectivity index (χ3v) is 3.76. The van der Waals surface area contributed by atoms with E-state index in [4.69, 9.17) is 9.47 Å². The second kappa shape index (κ2) is 7.84. The summed E-state index contributed by atoms with van der Waals surface area (Å²) in [5, 5.41) is 11.3. The Kier molecular flexibility index (Phi) is 5.34. The van der Waals surface area contributed by atoms with Crippen LogP contribution in [0.4, 0.5) is 4.39 Å². The highest BCUT2D eigenvalue weighted by atomic mass is 79.9. The Morgan fingerprint density at radius 2 is 2.00 bits per heavy atom. The molecule has 1 aromatic heterocycles. The van der Waals surface area contributed by atoms with Crippen molar-refractivity contribution in [3.63, 3.8) is 0 Å². The van der Waals surface area contributed by atoms with Gasteiger partial charge in [0.1, 0.15) is 11.6 Å². The smallest absolute Gasteiger partial charge is 0.344 e. The number of esters is 1. The van der Waals surface area contributed by atoms with Gasteiger partial charge in [-0.1, -0.05) is 18.2 Å². The Balaban J connectivity index is 1.56. The largest absolute Gasteiger partial charge is 0.481 e. The monoisotopic (exact) mass is 406 g/mol. The molecule has 9 heteroatoms. The molecule has 0 unspecified atom stereocenters. The van der Waals surface area contributed by atoms with Crippen molar-refractivity contribution >= 4 is 21.9 Å². The second-order valence-electron chi connectivity index (χ2n) is 4.87. The van der Waals surface area contributed by atoms with Crippen molar-refractivity contribution in [1.29, 1.82) is 0 Å². The van der Waals surface area contributed by atoms with Gasteiger partial charge in [-0.2, -0.15) is 4.68 Å². The van der Waals surface area contributed by atoms with E-state index in [1.807, 2.05) is 30.3 Å². The van der Waals surface area contributed by atoms with Gasteiger partial charge in [0.15, 0.2) is 19.0 Å². The summed E-state index contributed by atoms with van der Waals surface area (Å²) < 4.78 is 25.3. The average Bonchev–Trinajstić information content (AvgIpc) is 3.08. The molecule has 3 rings (SSSR count). The van der Waals surface area contributed by atoms with Crippen LogP contribution in [0.1, 0.15) is 5.82 Å². The molecule has 0 N–H and O–H groups in total. The van der Waals surface area contributed by atoms with Gasteiger partial charge in [0, 0.05) is 0 Å². The number of tetrazole rings is 1. The van der Waals surface area contributed by atoms with E-state index in [0.29, 0.717) is 16.0 Å². The minimum absolute atomic E-state index is 0.103. The van der Waals surface area contributed by atoms with Crippen LogP contribution in [0.15, 0.2) is 53.0 Å². The number of halogens is 2. The van der Waals surface area contributed by atoms with E-state index in [9.17, 15) is 9.18 Å². The topological polar surface area (TPSA) is 79.1 Å². The van der Waals surface area contributed by atoms with Crippen LogP contribution in [-0.4, -0.2) is 32.8 Å². The van der Waals surface area contributed by atoms with Crippen molar-refractivity contribution in [1.82, 2.24) is 20.2 Å². The van der Waals surface area contributed by atoms with Gasteiger partial charge in [-0.25, -0.2) is 9.18 Å². The standard InChI is InChI=1S/C16H12BrFN4O3/c17-13-8-11(18)6-7-14(13)24-10-16(23)25-9-15-19-20-21-22(15)12-4-2-1-3-5-12/h1-8H,9-10H2. The Bertz CT molecular complexity index is 873. The molecule has 0 saturated heterocycles. The number of ether oxygens (including phenoxy) is 2. The third-order valence-electron chi connectivity index (χ3n) is 3.14. The van der Waals surface area contributed by atoms with Crippen LogP contribution in [-0.2, 0) is 16.1 Å². The molecule has 7 nitrogen and oxygen atoms in total. The molecule has 3 aromatic rings. The van der Waals surface area contributed by atoms with Gasteiger partial charge in [0.05, 0.1) is 10.2 Å². The highest BCUT2D eigenvalue weighted by Gasteiger charge is 2.12. The Hall–Kier alpha value is -2.81. The first-order valence-corrected chi connectivity index (χ1v) is 7.99. The molecule has 0 saturated carbocycles. The lowest BCUT2D eigenvalue weighted by atomic mass is 10.3. The number of aromatic nitrogens is 4. The summed E-state index contributed by atoms with van der Waals surface area (Å²) in [6.45, 7) is -0.425. The Morgan fingerprint density at radius 3 is 2.76 bits per heavy atom. The van der Waals surface area contributed by atoms with Gasteiger partial charge >= 0.3 is 5.97 Å². The minimum Gasteiger partial charge on any atom is -0.481 e.